The molecule has 0 saturated carbocycles. The molecule has 0 aliphatic heterocycles. The topological polar surface area (TPSA) is 36.5 Å². The number of nitrogens with zero attached hydrogens (tertiary/aromatic N) is 2. The number of unbranched alkanes of at least 4 members (excludes halogenated alkanes) is 13. The maximum absolute atomic E-state index is 6.02. The highest BCUT2D eigenvalue weighted by atomic mass is 16.6. The van der Waals surface area contributed by atoms with Crippen molar-refractivity contribution < 1.29 is 18.8 Å². The van der Waals surface area contributed by atoms with Gasteiger partial charge in [-0.05, 0) is 17.5 Å². The van der Waals surface area contributed by atoms with Crippen molar-refractivity contribution in [2.75, 3.05) is 26.9 Å². The van der Waals surface area contributed by atoms with Gasteiger partial charge in [-0.2, -0.15) is 0 Å². The van der Waals surface area contributed by atoms with Crippen LogP contribution in [0.2, 0.25) is 0 Å². The third kappa shape index (κ3) is 15.3. The Labute approximate surface area is 227 Å². The zero-order valence-electron chi connectivity index (χ0n) is 24.2. The van der Waals surface area contributed by atoms with Crippen LogP contribution in [0.25, 0.3) is 0 Å². The smallest absolute Gasteiger partial charge is 0.243 e. The van der Waals surface area contributed by atoms with Gasteiger partial charge >= 0.3 is 0 Å². The molecule has 1 unspecified atom stereocenters. The lowest BCUT2D eigenvalue weighted by Gasteiger charge is -2.16. The third-order valence-corrected chi connectivity index (χ3v) is 7.14. The van der Waals surface area contributed by atoms with Gasteiger partial charge in [-0.1, -0.05) is 115 Å². The van der Waals surface area contributed by atoms with Gasteiger partial charge in [0.05, 0.1) is 26.9 Å². The summed E-state index contributed by atoms with van der Waals surface area (Å²) < 4.78 is 21.7. The molecule has 0 aliphatic rings. The summed E-state index contributed by atoms with van der Waals surface area (Å²) in [5.41, 5.74) is 2.50. The van der Waals surface area contributed by atoms with Gasteiger partial charge in [-0.25, -0.2) is 9.13 Å². The van der Waals surface area contributed by atoms with Crippen LogP contribution in [-0.2, 0) is 34.4 Å². The average Bonchev–Trinajstić information content (AvgIpc) is 3.32. The minimum atomic E-state index is -0.0256. The molecular formula is C32H55N2O3+. The summed E-state index contributed by atoms with van der Waals surface area (Å²) in [6, 6.07) is 8.48. The first-order chi connectivity index (χ1) is 18.2. The van der Waals surface area contributed by atoms with Gasteiger partial charge in [0.2, 0.25) is 6.33 Å². The molecule has 5 heteroatoms. The van der Waals surface area contributed by atoms with Crippen molar-refractivity contribution >= 4 is 0 Å². The van der Waals surface area contributed by atoms with Crippen molar-refractivity contribution in [1.82, 2.24) is 4.57 Å². The van der Waals surface area contributed by atoms with Crippen LogP contribution in [0, 0.1) is 0 Å². The number of aryl methyl sites for hydroxylation is 1. The molecule has 2 aromatic rings. The normalized spacial score (nSPS) is 12.3. The number of rotatable bonds is 24. The molecule has 0 aliphatic carbocycles. The highest BCUT2D eigenvalue weighted by Crippen LogP contribution is 2.14. The van der Waals surface area contributed by atoms with Crippen molar-refractivity contribution in [3.8, 4) is 0 Å². The molecule has 1 atom stereocenters. The van der Waals surface area contributed by atoms with E-state index in [-0.39, 0.29) is 6.10 Å². The second kappa shape index (κ2) is 21.3. The molecule has 0 saturated heterocycles. The summed E-state index contributed by atoms with van der Waals surface area (Å²) in [7, 11) is 3.78. The molecule has 1 heterocycles. The van der Waals surface area contributed by atoms with Crippen LogP contribution < -0.4 is 4.57 Å². The molecule has 0 bridgehead atoms. The fraction of sp³-hybridized carbons (Fsp3) is 0.719. The van der Waals surface area contributed by atoms with Crippen LogP contribution in [0.15, 0.2) is 43.0 Å². The Bertz CT molecular complexity index is 792. The first kappa shape index (κ1) is 31.5. The van der Waals surface area contributed by atoms with Gasteiger partial charge in [-0.3, -0.25) is 0 Å². The van der Waals surface area contributed by atoms with E-state index >= 15 is 0 Å². The molecule has 37 heavy (non-hydrogen) atoms. The molecule has 0 N–H and O–H groups in total. The molecule has 0 amide bonds. The van der Waals surface area contributed by atoms with Crippen molar-refractivity contribution in [3.63, 3.8) is 0 Å². The van der Waals surface area contributed by atoms with E-state index in [4.69, 9.17) is 14.2 Å². The van der Waals surface area contributed by atoms with Crippen molar-refractivity contribution in [2.45, 2.75) is 116 Å². The Morgan fingerprint density at radius 1 is 0.757 bits per heavy atom. The molecule has 0 spiro atoms. The standard InChI is InChI=1S/C32H55N2O3/c1-4-5-6-7-8-9-10-11-12-13-14-15-16-19-24-36-27-32(35-3)28-37-26-31-21-18-17-20-30(31)25-34-23-22-33(2)29-34/h17-18,20-23,29,32H,4-16,19,24-28H2,1-3H3/q+1. The zero-order valence-corrected chi connectivity index (χ0v) is 24.2. The Kier molecular flexibility index (Phi) is 18.1. The van der Waals surface area contributed by atoms with E-state index in [9.17, 15) is 0 Å². The molecule has 0 fully saturated rings. The van der Waals surface area contributed by atoms with Gasteiger partial charge in [0.25, 0.3) is 0 Å². The summed E-state index contributed by atoms with van der Waals surface area (Å²) in [6.07, 6.45) is 25.5. The maximum Gasteiger partial charge on any atom is 0.243 e. The summed E-state index contributed by atoms with van der Waals surface area (Å²) in [5.74, 6) is 0. The highest BCUT2D eigenvalue weighted by molar-refractivity contribution is 5.26. The van der Waals surface area contributed by atoms with Crippen LogP contribution in [0.4, 0.5) is 0 Å². The Hall–Kier alpha value is -1.69. The fourth-order valence-electron chi connectivity index (χ4n) is 4.74. The number of methoxy groups -OCH3 is 1. The van der Waals surface area contributed by atoms with E-state index in [2.05, 4.69) is 59.0 Å². The van der Waals surface area contributed by atoms with E-state index in [0.717, 1.165) is 19.6 Å². The number of hydrogen-bond donors (Lipinski definition) is 0. The first-order valence-corrected chi connectivity index (χ1v) is 15.0. The number of aromatic nitrogens is 2. The molecule has 5 nitrogen and oxygen atoms in total. The number of hydrogen-bond acceptors (Lipinski definition) is 3. The Balaban J connectivity index is 1.44. The maximum atomic E-state index is 6.02. The van der Waals surface area contributed by atoms with Gasteiger partial charge in [0, 0.05) is 13.7 Å². The number of benzene rings is 1. The summed E-state index contributed by atoms with van der Waals surface area (Å²) in [6.45, 7) is 5.67. The predicted octanol–water partition coefficient (Wildman–Crippen LogP) is 7.39. The largest absolute Gasteiger partial charge is 0.379 e. The van der Waals surface area contributed by atoms with Gasteiger partial charge < -0.3 is 14.2 Å². The molecule has 210 valence electrons. The lowest BCUT2D eigenvalue weighted by molar-refractivity contribution is -0.671. The molecule has 1 aromatic carbocycles. The van der Waals surface area contributed by atoms with Crippen LogP contribution in [0.5, 0.6) is 0 Å². The van der Waals surface area contributed by atoms with Crippen LogP contribution in [-0.4, -0.2) is 37.6 Å². The SMILES string of the molecule is CCCCCCCCCCCCCCCCOCC(COCc1ccccc1Cn1cc[n+](C)c1)OC. The lowest BCUT2D eigenvalue weighted by atomic mass is 10.0. The van der Waals surface area contributed by atoms with Crippen molar-refractivity contribution in [3.05, 3.63) is 54.1 Å². The molecular weight excluding hydrogens is 460 g/mol. The summed E-state index contributed by atoms with van der Waals surface area (Å²) in [5, 5.41) is 0. The summed E-state index contributed by atoms with van der Waals surface area (Å²) >= 11 is 0. The van der Waals surface area contributed by atoms with Gasteiger partial charge in [0.15, 0.2) is 0 Å². The molecule has 1 aromatic heterocycles. The monoisotopic (exact) mass is 515 g/mol. The second-order valence-electron chi connectivity index (χ2n) is 10.6. The molecule has 2 rings (SSSR count). The Morgan fingerprint density at radius 2 is 1.32 bits per heavy atom. The average molecular weight is 516 g/mol. The third-order valence-electron chi connectivity index (χ3n) is 7.14. The Morgan fingerprint density at radius 3 is 1.89 bits per heavy atom. The van der Waals surface area contributed by atoms with Crippen LogP contribution in [0.3, 0.4) is 0 Å². The fourth-order valence-corrected chi connectivity index (χ4v) is 4.74. The minimum absolute atomic E-state index is 0.0256. The van der Waals surface area contributed by atoms with Crippen LogP contribution in [0.1, 0.15) is 108 Å². The van der Waals surface area contributed by atoms with E-state index in [1.54, 1.807) is 7.11 Å². The van der Waals surface area contributed by atoms with E-state index in [1.165, 1.54) is 94.6 Å². The van der Waals surface area contributed by atoms with E-state index < -0.39 is 0 Å². The predicted molar refractivity (Wildman–Crippen MR) is 153 cm³/mol. The minimum Gasteiger partial charge on any atom is -0.379 e. The van der Waals surface area contributed by atoms with E-state index in [0.29, 0.717) is 19.8 Å². The quantitative estimate of drug-likeness (QED) is 0.108. The van der Waals surface area contributed by atoms with Crippen LogP contribution >= 0.6 is 0 Å². The number of imidazole rings is 1. The van der Waals surface area contributed by atoms with Gasteiger partial charge in [-0.15, -0.1) is 0 Å². The summed E-state index contributed by atoms with van der Waals surface area (Å²) in [4.78, 5) is 0. The van der Waals surface area contributed by atoms with E-state index in [1.807, 2.05) is 7.05 Å². The van der Waals surface area contributed by atoms with Crippen molar-refractivity contribution in [2.24, 2.45) is 7.05 Å². The second-order valence-corrected chi connectivity index (χ2v) is 10.6. The molecule has 0 radical (unpaired) electrons. The first-order valence-electron chi connectivity index (χ1n) is 15.0. The van der Waals surface area contributed by atoms with Gasteiger partial charge in [0.1, 0.15) is 25.0 Å². The number of ether oxygens (including phenoxy) is 3. The lowest BCUT2D eigenvalue weighted by Crippen LogP contribution is -2.25. The highest BCUT2D eigenvalue weighted by Gasteiger charge is 2.11. The van der Waals surface area contributed by atoms with Crippen molar-refractivity contribution in [1.29, 1.82) is 0 Å². The zero-order chi connectivity index (χ0) is 26.4.